The average Bonchev–Trinajstić information content (AvgIpc) is 3.10. The number of nitrogens with one attached hydrogen (secondary N) is 2. The van der Waals surface area contributed by atoms with Crippen molar-refractivity contribution in [1.82, 2.24) is 19.8 Å². The number of hydrogen-bond donors (Lipinski definition) is 2. The van der Waals surface area contributed by atoms with Crippen LogP contribution in [0.5, 0.6) is 0 Å². The van der Waals surface area contributed by atoms with E-state index in [0.29, 0.717) is 11.4 Å². The molecule has 1 aromatic heterocycles. The van der Waals surface area contributed by atoms with Crippen LogP contribution in [0.4, 0.5) is 0 Å². The Labute approximate surface area is 137 Å². The van der Waals surface area contributed by atoms with E-state index in [1.807, 2.05) is 6.07 Å². The second-order valence-corrected chi connectivity index (χ2v) is 7.56. The molecule has 23 heavy (non-hydrogen) atoms. The fourth-order valence-electron chi connectivity index (χ4n) is 2.83. The average molecular weight is 334 g/mol. The number of rotatable bonds is 6. The summed E-state index contributed by atoms with van der Waals surface area (Å²) in [5.41, 5.74) is 1.78. The van der Waals surface area contributed by atoms with E-state index in [9.17, 15) is 8.42 Å². The minimum Gasteiger partial charge on any atom is -0.302 e. The van der Waals surface area contributed by atoms with Crippen LogP contribution in [0.1, 0.15) is 19.3 Å². The molecule has 0 amide bonds. The molecule has 1 saturated heterocycles. The van der Waals surface area contributed by atoms with Crippen molar-refractivity contribution in [1.29, 1.82) is 0 Å². The van der Waals surface area contributed by atoms with E-state index in [4.69, 9.17) is 0 Å². The summed E-state index contributed by atoms with van der Waals surface area (Å²) in [7, 11) is -3.45. The van der Waals surface area contributed by atoms with Crippen LogP contribution in [0.15, 0.2) is 41.4 Å². The van der Waals surface area contributed by atoms with Crippen LogP contribution in [0.3, 0.4) is 0 Å². The predicted molar refractivity (Wildman–Crippen MR) is 89.5 cm³/mol. The molecule has 124 valence electrons. The topological polar surface area (TPSA) is 78.1 Å². The molecule has 2 N–H and O–H groups in total. The van der Waals surface area contributed by atoms with Gasteiger partial charge in [-0.25, -0.2) is 13.1 Å². The summed E-state index contributed by atoms with van der Waals surface area (Å²) in [6.07, 6.45) is 5.37. The van der Waals surface area contributed by atoms with E-state index in [0.717, 1.165) is 30.9 Å². The maximum Gasteiger partial charge on any atom is 0.240 e. The van der Waals surface area contributed by atoms with Gasteiger partial charge in [0.15, 0.2) is 0 Å². The predicted octanol–water partition coefficient (Wildman–Crippen LogP) is 1.84. The molecule has 2 heterocycles. The molecule has 6 nitrogen and oxygen atoms in total. The summed E-state index contributed by atoms with van der Waals surface area (Å²) in [6, 6.07) is 8.67. The molecule has 3 rings (SSSR count). The summed E-state index contributed by atoms with van der Waals surface area (Å²) >= 11 is 0. The minimum absolute atomic E-state index is 0.291. The normalized spacial score (nSPS) is 16.5. The molecule has 1 fully saturated rings. The Morgan fingerprint density at radius 2 is 1.83 bits per heavy atom. The SMILES string of the molecule is O=S(=O)(NCCN1CCCCC1)c1ccc(-c2ccn[nH]2)cc1. The highest BCUT2D eigenvalue weighted by molar-refractivity contribution is 7.89. The molecule has 0 unspecified atom stereocenters. The number of likely N-dealkylation sites (tertiary alicyclic amines) is 1. The highest BCUT2D eigenvalue weighted by Crippen LogP contribution is 2.18. The van der Waals surface area contributed by atoms with Crippen LogP contribution in [-0.4, -0.2) is 49.7 Å². The Kier molecular flexibility index (Phi) is 5.09. The van der Waals surface area contributed by atoms with Crippen molar-refractivity contribution in [3.8, 4) is 11.3 Å². The Balaban J connectivity index is 1.58. The van der Waals surface area contributed by atoms with Gasteiger partial charge in [0, 0.05) is 19.3 Å². The number of sulfonamides is 1. The first-order valence-corrected chi connectivity index (χ1v) is 9.45. The van der Waals surface area contributed by atoms with Crippen LogP contribution in [0, 0.1) is 0 Å². The number of piperidine rings is 1. The van der Waals surface area contributed by atoms with Crippen molar-refractivity contribution in [2.24, 2.45) is 0 Å². The van der Waals surface area contributed by atoms with Gasteiger partial charge in [-0.05, 0) is 49.7 Å². The molecule has 1 aromatic carbocycles. The van der Waals surface area contributed by atoms with Gasteiger partial charge < -0.3 is 4.90 Å². The van der Waals surface area contributed by atoms with Gasteiger partial charge in [-0.1, -0.05) is 18.6 Å². The standard InChI is InChI=1S/C16H22N4O2S/c21-23(22,18-10-13-20-11-2-1-3-12-20)15-6-4-14(5-7-15)16-8-9-17-19-16/h4-9,18H,1-3,10-13H2,(H,17,19). The number of aromatic nitrogens is 2. The van der Waals surface area contributed by atoms with Gasteiger partial charge in [-0.2, -0.15) is 5.10 Å². The van der Waals surface area contributed by atoms with Crippen LogP contribution in [0.25, 0.3) is 11.3 Å². The Morgan fingerprint density at radius 1 is 1.09 bits per heavy atom. The van der Waals surface area contributed by atoms with Gasteiger partial charge in [-0.15, -0.1) is 0 Å². The fraction of sp³-hybridized carbons (Fsp3) is 0.438. The first-order valence-electron chi connectivity index (χ1n) is 7.97. The Bertz CT molecular complexity index is 705. The fourth-order valence-corrected chi connectivity index (χ4v) is 3.86. The van der Waals surface area contributed by atoms with Crippen LogP contribution in [0.2, 0.25) is 0 Å². The quantitative estimate of drug-likeness (QED) is 0.845. The maximum absolute atomic E-state index is 12.3. The second kappa shape index (κ2) is 7.25. The number of aromatic amines is 1. The molecule has 0 radical (unpaired) electrons. The number of H-pyrrole nitrogens is 1. The monoisotopic (exact) mass is 334 g/mol. The van der Waals surface area contributed by atoms with Gasteiger partial charge in [0.25, 0.3) is 0 Å². The van der Waals surface area contributed by atoms with Crippen LogP contribution in [-0.2, 0) is 10.0 Å². The van der Waals surface area contributed by atoms with E-state index in [1.165, 1.54) is 19.3 Å². The lowest BCUT2D eigenvalue weighted by molar-refractivity contribution is 0.233. The number of benzene rings is 1. The largest absolute Gasteiger partial charge is 0.302 e. The first-order chi connectivity index (χ1) is 11.1. The van der Waals surface area contributed by atoms with E-state index in [2.05, 4.69) is 19.8 Å². The third kappa shape index (κ3) is 4.19. The van der Waals surface area contributed by atoms with Crippen molar-refractivity contribution < 1.29 is 8.42 Å². The van der Waals surface area contributed by atoms with Crippen molar-refractivity contribution in [3.63, 3.8) is 0 Å². The van der Waals surface area contributed by atoms with Gasteiger partial charge in [0.05, 0.1) is 10.6 Å². The molecular formula is C16H22N4O2S. The summed E-state index contributed by atoms with van der Waals surface area (Å²) < 4.78 is 27.3. The molecule has 1 aliphatic heterocycles. The van der Waals surface area contributed by atoms with Gasteiger partial charge >= 0.3 is 0 Å². The summed E-state index contributed by atoms with van der Waals surface area (Å²) in [4.78, 5) is 2.60. The van der Waals surface area contributed by atoms with E-state index >= 15 is 0 Å². The molecule has 0 spiro atoms. The maximum atomic E-state index is 12.3. The number of hydrogen-bond acceptors (Lipinski definition) is 4. The summed E-state index contributed by atoms with van der Waals surface area (Å²) in [6.45, 7) is 3.36. The Hall–Kier alpha value is -1.70. The third-order valence-electron chi connectivity index (χ3n) is 4.15. The van der Waals surface area contributed by atoms with Gasteiger partial charge in [-0.3, -0.25) is 5.10 Å². The molecule has 0 atom stereocenters. The van der Waals surface area contributed by atoms with Crippen molar-refractivity contribution >= 4 is 10.0 Å². The lowest BCUT2D eigenvalue weighted by Gasteiger charge is -2.26. The molecule has 0 saturated carbocycles. The van der Waals surface area contributed by atoms with Crippen molar-refractivity contribution in [3.05, 3.63) is 36.5 Å². The second-order valence-electron chi connectivity index (χ2n) is 5.79. The smallest absolute Gasteiger partial charge is 0.240 e. The molecule has 1 aliphatic rings. The van der Waals surface area contributed by atoms with Crippen molar-refractivity contribution in [2.75, 3.05) is 26.2 Å². The molecule has 0 aliphatic carbocycles. The van der Waals surface area contributed by atoms with Crippen LogP contribution < -0.4 is 4.72 Å². The van der Waals surface area contributed by atoms with E-state index < -0.39 is 10.0 Å². The molecule has 2 aromatic rings. The number of nitrogens with zero attached hydrogens (tertiary/aromatic N) is 2. The van der Waals surface area contributed by atoms with Crippen molar-refractivity contribution in [2.45, 2.75) is 24.2 Å². The lowest BCUT2D eigenvalue weighted by Crippen LogP contribution is -2.37. The van der Waals surface area contributed by atoms with E-state index in [1.54, 1.807) is 30.5 Å². The highest BCUT2D eigenvalue weighted by atomic mass is 32.2. The molecular weight excluding hydrogens is 312 g/mol. The lowest BCUT2D eigenvalue weighted by atomic mass is 10.1. The van der Waals surface area contributed by atoms with Gasteiger partial charge in [0.1, 0.15) is 0 Å². The van der Waals surface area contributed by atoms with Gasteiger partial charge in [0.2, 0.25) is 10.0 Å². The molecule has 0 bridgehead atoms. The first kappa shape index (κ1) is 16.2. The zero-order valence-electron chi connectivity index (χ0n) is 13.0. The Morgan fingerprint density at radius 3 is 2.48 bits per heavy atom. The van der Waals surface area contributed by atoms with E-state index in [-0.39, 0.29) is 0 Å². The zero-order valence-corrected chi connectivity index (χ0v) is 13.8. The summed E-state index contributed by atoms with van der Waals surface area (Å²) in [5, 5.41) is 6.76. The minimum atomic E-state index is -3.45. The molecule has 7 heteroatoms. The third-order valence-corrected chi connectivity index (χ3v) is 5.62. The highest BCUT2D eigenvalue weighted by Gasteiger charge is 2.15. The summed E-state index contributed by atoms with van der Waals surface area (Å²) in [5.74, 6) is 0. The zero-order chi connectivity index (χ0) is 16.1. The van der Waals surface area contributed by atoms with Crippen LogP contribution >= 0.6 is 0 Å².